The zero-order chi connectivity index (χ0) is 19.5. The fraction of sp³-hybridized carbons (Fsp3) is 0.364. The van der Waals surface area contributed by atoms with E-state index >= 15 is 0 Å². The maximum absolute atomic E-state index is 13.1. The van der Waals surface area contributed by atoms with Gasteiger partial charge in [0.1, 0.15) is 0 Å². The Balaban J connectivity index is 1.41. The second-order valence-electron chi connectivity index (χ2n) is 7.26. The molecule has 0 aliphatic carbocycles. The molecule has 6 heteroatoms. The molecular weight excluding hydrogens is 370 g/mol. The number of carbonyl (C=O) groups is 2. The summed E-state index contributed by atoms with van der Waals surface area (Å²) < 4.78 is 0. The molecule has 0 radical (unpaired) electrons. The summed E-state index contributed by atoms with van der Waals surface area (Å²) in [5.41, 5.74) is 2.03. The van der Waals surface area contributed by atoms with Crippen LogP contribution in [0.3, 0.4) is 0 Å². The largest absolute Gasteiger partial charge is 0.297 e. The minimum atomic E-state index is -0.332. The highest BCUT2D eigenvalue weighted by molar-refractivity contribution is 7.98. The van der Waals surface area contributed by atoms with Crippen molar-refractivity contribution in [1.82, 2.24) is 9.80 Å². The first-order valence-corrected chi connectivity index (χ1v) is 10.9. The summed E-state index contributed by atoms with van der Waals surface area (Å²) >= 11 is 1.56. The zero-order valence-electron chi connectivity index (χ0n) is 16.1. The molecule has 2 fully saturated rings. The summed E-state index contributed by atoms with van der Waals surface area (Å²) in [6.45, 7) is 4.38. The highest BCUT2D eigenvalue weighted by Gasteiger charge is 2.43. The van der Waals surface area contributed by atoms with Crippen LogP contribution in [-0.2, 0) is 16.1 Å². The van der Waals surface area contributed by atoms with E-state index < -0.39 is 0 Å². The van der Waals surface area contributed by atoms with Crippen molar-refractivity contribution >= 4 is 29.3 Å². The lowest BCUT2D eigenvalue weighted by atomic mass is 10.1. The van der Waals surface area contributed by atoms with Crippen molar-refractivity contribution in [1.29, 1.82) is 0 Å². The van der Waals surface area contributed by atoms with Gasteiger partial charge in [-0.3, -0.25) is 19.4 Å². The number of imide groups is 1. The Kier molecular flexibility index (Phi) is 5.80. The molecule has 5 nitrogen and oxygen atoms in total. The van der Waals surface area contributed by atoms with Crippen LogP contribution in [0.15, 0.2) is 59.5 Å². The lowest BCUT2D eigenvalue weighted by Crippen LogP contribution is -2.52. The van der Waals surface area contributed by atoms with Crippen LogP contribution in [0.2, 0.25) is 0 Å². The van der Waals surface area contributed by atoms with E-state index in [-0.39, 0.29) is 24.3 Å². The standard InChI is InChI=1S/C22H25N3O2S/c1-28-20-10-6-5-9-18(20)25-21(26)15-19(22(25)27)24-13-11-23(12-14-24)16-17-7-3-2-4-8-17/h2-10,19H,11-16H2,1H3/t19-/m1/s1. The summed E-state index contributed by atoms with van der Waals surface area (Å²) in [7, 11) is 0. The molecule has 2 saturated heterocycles. The van der Waals surface area contributed by atoms with Crippen molar-refractivity contribution in [3.05, 3.63) is 60.2 Å². The van der Waals surface area contributed by atoms with E-state index in [4.69, 9.17) is 0 Å². The third-order valence-electron chi connectivity index (χ3n) is 5.55. The van der Waals surface area contributed by atoms with Crippen LogP contribution in [0, 0.1) is 0 Å². The van der Waals surface area contributed by atoms with Gasteiger partial charge in [0.25, 0.3) is 5.91 Å². The van der Waals surface area contributed by atoms with Crippen molar-refractivity contribution < 1.29 is 9.59 Å². The minimum Gasteiger partial charge on any atom is -0.297 e. The monoisotopic (exact) mass is 395 g/mol. The number of para-hydroxylation sites is 1. The topological polar surface area (TPSA) is 43.9 Å². The van der Waals surface area contributed by atoms with Crippen molar-refractivity contribution in [3.63, 3.8) is 0 Å². The number of carbonyl (C=O) groups excluding carboxylic acids is 2. The van der Waals surface area contributed by atoms with E-state index in [9.17, 15) is 9.59 Å². The molecule has 2 heterocycles. The second kappa shape index (κ2) is 8.47. The van der Waals surface area contributed by atoms with Gasteiger partial charge in [-0.05, 0) is 24.0 Å². The Morgan fingerprint density at radius 2 is 1.61 bits per heavy atom. The molecule has 2 aliphatic rings. The van der Waals surface area contributed by atoms with E-state index in [0.29, 0.717) is 0 Å². The molecule has 0 aromatic heterocycles. The van der Waals surface area contributed by atoms with Crippen LogP contribution in [0.25, 0.3) is 0 Å². The van der Waals surface area contributed by atoms with Gasteiger partial charge in [0.05, 0.1) is 18.2 Å². The Hall–Kier alpha value is -2.15. The smallest absolute Gasteiger partial charge is 0.251 e. The number of nitrogens with zero attached hydrogens (tertiary/aromatic N) is 3. The van der Waals surface area contributed by atoms with Crippen molar-refractivity contribution in [2.24, 2.45) is 0 Å². The van der Waals surface area contributed by atoms with Gasteiger partial charge in [-0.25, -0.2) is 4.90 Å². The summed E-state index contributed by atoms with van der Waals surface area (Å²) in [6.07, 6.45) is 2.24. The number of amides is 2. The van der Waals surface area contributed by atoms with Crippen molar-refractivity contribution in [3.8, 4) is 0 Å². The molecule has 2 aromatic carbocycles. The highest BCUT2D eigenvalue weighted by atomic mass is 32.2. The first kappa shape index (κ1) is 19.2. The first-order valence-electron chi connectivity index (χ1n) is 9.67. The predicted octanol–water partition coefficient (Wildman–Crippen LogP) is 2.86. The molecule has 0 bridgehead atoms. The minimum absolute atomic E-state index is 0.0805. The van der Waals surface area contributed by atoms with E-state index in [1.807, 2.05) is 36.6 Å². The lowest BCUT2D eigenvalue weighted by Gasteiger charge is -2.37. The zero-order valence-corrected chi connectivity index (χ0v) is 16.9. The van der Waals surface area contributed by atoms with E-state index in [1.54, 1.807) is 11.8 Å². The number of thioether (sulfide) groups is 1. The maximum atomic E-state index is 13.1. The number of hydrogen-bond donors (Lipinski definition) is 0. The van der Waals surface area contributed by atoms with Crippen LogP contribution in [0.5, 0.6) is 0 Å². The van der Waals surface area contributed by atoms with Gasteiger partial charge in [0.2, 0.25) is 5.91 Å². The van der Waals surface area contributed by atoms with Gasteiger partial charge < -0.3 is 0 Å². The number of anilines is 1. The molecule has 0 spiro atoms. The molecule has 2 amide bonds. The Bertz CT molecular complexity index is 850. The predicted molar refractivity (Wildman–Crippen MR) is 112 cm³/mol. The van der Waals surface area contributed by atoms with Gasteiger partial charge in [0.15, 0.2) is 0 Å². The van der Waals surface area contributed by atoms with Gasteiger partial charge >= 0.3 is 0 Å². The number of hydrogen-bond acceptors (Lipinski definition) is 5. The molecule has 28 heavy (non-hydrogen) atoms. The molecular formula is C22H25N3O2S. The van der Waals surface area contributed by atoms with E-state index in [1.165, 1.54) is 10.5 Å². The summed E-state index contributed by atoms with van der Waals surface area (Å²) in [5, 5.41) is 0. The molecule has 0 saturated carbocycles. The number of piperazine rings is 1. The fourth-order valence-corrected chi connectivity index (χ4v) is 4.63. The summed E-state index contributed by atoms with van der Waals surface area (Å²) in [6, 6.07) is 17.8. The molecule has 0 N–H and O–H groups in total. The van der Waals surface area contributed by atoms with Crippen LogP contribution in [-0.4, -0.2) is 60.1 Å². The molecule has 0 unspecified atom stereocenters. The maximum Gasteiger partial charge on any atom is 0.251 e. The van der Waals surface area contributed by atoms with Gasteiger partial charge in [-0.15, -0.1) is 11.8 Å². The highest BCUT2D eigenvalue weighted by Crippen LogP contribution is 2.33. The second-order valence-corrected chi connectivity index (χ2v) is 8.10. The van der Waals surface area contributed by atoms with Crippen LogP contribution in [0.1, 0.15) is 12.0 Å². The van der Waals surface area contributed by atoms with Crippen LogP contribution >= 0.6 is 11.8 Å². The Morgan fingerprint density at radius 3 is 2.32 bits per heavy atom. The average Bonchev–Trinajstić information content (AvgIpc) is 3.03. The SMILES string of the molecule is CSc1ccccc1N1C(=O)C[C@@H](N2CCN(Cc3ccccc3)CC2)C1=O. The molecule has 4 rings (SSSR count). The molecule has 1 atom stereocenters. The third kappa shape index (κ3) is 3.85. The fourth-order valence-electron chi connectivity index (χ4n) is 4.04. The van der Waals surface area contributed by atoms with Gasteiger partial charge in [0, 0.05) is 37.6 Å². The van der Waals surface area contributed by atoms with Gasteiger partial charge in [-0.1, -0.05) is 42.5 Å². The summed E-state index contributed by atoms with van der Waals surface area (Å²) in [5.74, 6) is -0.175. The van der Waals surface area contributed by atoms with Crippen LogP contribution in [0.4, 0.5) is 5.69 Å². The van der Waals surface area contributed by atoms with E-state index in [2.05, 4.69) is 34.1 Å². The normalized spacial score (nSPS) is 21.5. The first-order chi connectivity index (χ1) is 13.7. The quantitative estimate of drug-likeness (QED) is 0.575. The number of rotatable bonds is 5. The van der Waals surface area contributed by atoms with Gasteiger partial charge in [-0.2, -0.15) is 0 Å². The van der Waals surface area contributed by atoms with Crippen molar-refractivity contribution in [2.45, 2.75) is 23.9 Å². The van der Waals surface area contributed by atoms with Crippen molar-refractivity contribution in [2.75, 3.05) is 37.3 Å². The Morgan fingerprint density at radius 1 is 0.929 bits per heavy atom. The van der Waals surface area contributed by atoms with Crippen LogP contribution < -0.4 is 4.90 Å². The molecule has 146 valence electrons. The number of benzene rings is 2. The van der Waals surface area contributed by atoms with E-state index in [0.717, 1.165) is 43.3 Å². The third-order valence-corrected chi connectivity index (χ3v) is 6.33. The lowest BCUT2D eigenvalue weighted by molar-refractivity contribution is -0.123. The average molecular weight is 396 g/mol. The molecule has 2 aromatic rings. The molecule has 2 aliphatic heterocycles. The Labute approximate surface area is 170 Å². The summed E-state index contributed by atoms with van der Waals surface area (Å²) in [4.78, 5) is 32.7.